The fourth-order valence-corrected chi connectivity index (χ4v) is 8.96. The first-order valence-corrected chi connectivity index (χ1v) is 18.2. The van der Waals surface area contributed by atoms with Crippen molar-refractivity contribution in [3.05, 3.63) is 182 Å². The Morgan fingerprint density at radius 1 is 0.358 bits per heavy atom. The number of hydrogen-bond donors (Lipinski definition) is 0. The van der Waals surface area contributed by atoms with Gasteiger partial charge in [0.05, 0.1) is 22.1 Å². The molecule has 0 N–H and O–H groups in total. The van der Waals surface area contributed by atoms with Crippen molar-refractivity contribution in [1.29, 1.82) is 0 Å². The zero-order valence-corrected chi connectivity index (χ0v) is 28.6. The summed E-state index contributed by atoms with van der Waals surface area (Å²) in [6, 6.07) is 66.1. The van der Waals surface area contributed by atoms with E-state index < -0.39 is 0 Å². The Morgan fingerprint density at radius 3 is 1.89 bits per heavy atom. The smallest absolute Gasteiger partial charge is 0.160 e. The molecular formula is C50H30N2O. The molecule has 53 heavy (non-hydrogen) atoms. The van der Waals surface area contributed by atoms with E-state index in [2.05, 4.69) is 185 Å². The maximum absolute atomic E-state index is 6.73. The highest BCUT2D eigenvalue weighted by Crippen LogP contribution is 2.45. The topological polar surface area (TPSA) is 23.0 Å². The number of benzene rings is 9. The fourth-order valence-electron chi connectivity index (χ4n) is 8.96. The Labute approximate surface area is 304 Å². The Balaban J connectivity index is 1.29. The fraction of sp³-hybridized carbons (Fsp3) is 0. The first-order valence-electron chi connectivity index (χ1n) is 18.2. The van der Waals surface area contributed by atoms with Crippen molar-refractivity contribution in [2.45, 2.75) is 0 Å². The first-order chi connectivity index (χ1) is 26.3. The van der Waals surface area contributed by atoms with Crippen molar-refractivity contribution in [1.82, 2.24) is 9.13 Å². The van der Waals surface area contributed by atoms with Gasteiger partial charge in [0.2, 0.25) is 0 Å². The third kappa shape index (κ3) is 3.99. The zero-order chi connectivity index (χ0) is 34.6. The predicted octanol–water partition coefficient (Wildman–Crippen LogP) is 13.8. The molecule has 3 heterocycles. The summed E-state index contributed by atoms with van der Waals surface area (Å²) in [6.07, 6.45) is 0. The van der Waals surface area contributed by atoms with E-state index in [1.165, 1.54) is 65.3 Å². The largest absolute Gasteiger partial charge is 0.454 e. The molecule has 9 aromatic carbocycles. The molecule has 0 bridgehead atoms. The molecule has 0 fully saturated rings. The van der Waals surface area contributed by atoms with Crippen molar-refractivity contribution in [2.24, 2.45) is 0 Å². The Hall–Kier alpha value is -7.10. The first kappa shape index (κ1) is 28.6. The van der Waals surface area contributed by atoms with Crippen LogP contribution in [0.25, 0.3) is 110 Å². The molecule has 0 amide bonds. The number of aromatic nitrogens is 2. The predicted molar refractivity (Wildman–Crippen MR) is 223 cm³/mol. The Morgan fingerprint density at radius 2 is 1.04 bits per heavy atom. The van der Waals surface area contributed by atoms with Gasteiger partial charge in [0.1, 0.15) is 5.58 Å². The third-order valence-corrected chi connectivity index (χ3v) is 11.3. The molecule has 0 aliphatic heterocycles. The molecule has 246 valence electrons. The van der Waals surface area contributed by atoms with Gasteiger partial charge in [-0.05, 0) is 87.3 Å². The molecule has 12 rings (SSSR count). The van der Waals surface area contributed by atoms with Gasteiger partial charge in [-0.1, -0.05) is 127 Å². The van der Waals surface area contributed by atoms with E-state index in [0.29, 0.717) is 0 Å². The maximum atomic E-state index is 6.73. The van der Waals surface area contributed by atoms with Crippen LogP contribution in [-0.4, -0.2) is 9.13 Å². The summed E-state index contributed by atoms with van der Waals surface area (Å²) in [4.78, 5) is 0. The highest BCUT2D eigenvalue weighted by molar-refractivity contribution is 6.27. The zero-order valence-electron chi connectivity index (χ0n) is 28.6. The van der Waals surface area contributed by atoms with E-state index in [1.807, 2.05) is 6.07 Å². The van der Waals surface area contributed by atoms with Crippen LogP contribution in [0.4, 0.5) is 0 Å². The van der Waals surface area contributed by atoms with Crippen LogP contribution < -0.4 is 0 Å². The second-order valence-electron chi connectivity index (χ2n) is 14.1. The average molecular weight is 675 g/mol. The van der Waals surface area contributed by atoms with Crippen LogP contribution in [0.2, 0.25) is 0 Å². The molecule has 3 heteroatoms. The summed E-state index contributed by atoms with van der Waals surface area (Å²) in [5.41, 5.74) is 11.1. The summed E-state index contributed by atoms with van der Waals surface area (Å²) in [5, 5.41) is 12.1. The van der Waals surface area contributed by atoms with E-state index >= 15 is 0 Å². The second-order valence-corrected chi connectivity index (χ2v) is 14.1. The molecular weight excluding hydrogens is 645 g/mol. The van der Waals surface area contributed by atoms with Gasteiger partial charge >= 0.3 is 0 Å². The summed E-state index contributed by atoms with van der Waals surface area (Å²) >= 11 is 0. The molecule has 12 aromatic rings. The SMILES string of the molecule is c1ccc(-c2cc(-n3c4cc5c(cc4c4c6ccccc6ccc43)c3ccc4c6ccccc6oc4c3n5-c3ccccc3)cc3ccccc23)cc1. The molecule has 0 atom stereocenters. The van der Waals surface area contributed by atoms with Crippen molar-refractivity contribution in [3.63, 3.8) is 0 Å². The monoisotopic (exact) mass is 674 g/mol. The van der Waals surface area contributed by atoms with Crippen molar-refractivity contribution < 1.29 is 4.42 Å². The van der Waals surface area contributed by atoms with Gasteiger partial charge < -0.3 is 13.6 Å². The number of nitrogens with zero attached hydrogens (tertiary/aromatic N) is 2. The molecule has 0 aliphatic carbocycles. The number of fused-ring (bicyclic) bond motifs is 13. The minimum Gasteiger partial charge on any atom is -0.454 e. The lowest BCUT2D eigenvalue weighted by molar-refractivity contribution is 0.671. The lowest BCUT2D eigenvalue weighted by atomic mass is 9.97. The van der Waals surface area contributed by atoms with E-state index in [4.69, 9.17) is 4.42 Å². The van der Waals surface area contributed by atoms with Crippen molar-refractivity contribution in [2.75, 3.05) is 0 Å². The highest BCUT2D eigenvalue weighted by atomic mass is 16.3. The van der Waals surface area contributed by atoms with Crippen LogP contribution in [0.1, 0.15) is 0 Å². The van der Waals surface area contributed by atoms with Crippen LogP contribution in [0.5, 0.6) is 0 Å². The van der Waals surface area contributed by atoms with Crippen LogP contribution in [0, 0.1) is 0 Å². The van der Waals surface area contributed by atoms with Crippen LogP contribution in [0.3, 0.4) is 0 Å². The standard InChI is InChI=1S/C50H30N2O/c1-3-13-31(14-4-1)41-28-35(27-33-16-8-9-19-36(33)41)51-44-26-23-32-15-7-10-20-37(32)48(44)43-29-42-39-24-25-40-38-21-11-12-22-47(38)53-50(40)49(39)52(45(42)30-46(43)51)34-17-5-2-6-18-34/h1-30H. The minimum absolute atomic E-state index is 0.902. The lowest BCUT2D eigenvalue weighted by Gasteiger charge is -2.14. The lowest BCUT2D eigenvalue weighted by Crippen LogP contribution is -1.97. The van der Waals surface area contributed by atoms with E-state index in [1.54, 1.807) is 0 Å². The summed E-state index contributed by atoms with van der Waals surface area (Å²) < 4.78 is 11.6. The van der Waals surface area contributed by atoms with E-state index in [9.17, 15) is 0 Å². The van der Waals surface area contributed by atoms with Crippen LogP contribution in [0.15, 0.2) is 186 Å². The molecule has 0 radical (unpaired) electrons. The van der Waals surface area contributed by atoms with Crippen LogP contribution in [-0.2, 0) is 0 Å². The van der Waals surface area contributed by atoms with Gasteiger partial charge in [-0.3, -0.25) is 0 Å². The second kappa shape index (κ2) is 10.7. The van der Waals surface area contributed by atoms with Gasteiger partial charge in [-0.2, -0.15) is 0 Å². The summed E-state index contributed by atoms with van der Waals surface area (Å²) in [7, 11) is 0. The van der Waals surface area contributed by atoms with Crippen LogP contribution >= 0.6 is 0 Å². The summed E-state index contributed by atoms with van der Waals surface area (Å²) in [6.45, 7) is 0. The number of para-hydroxylation sites is 2. The quantitative estimate of drug-likeness (QED) is 0.183. The number of hydrogen-bond acceptors (Lipinski definition) is 1. The van der Waals surface area contributed by atoms with Crippen molar-refractivity contribution in [3.8, 4) is 22.5 Å². The van der Waals surface area contributed by atoms with E-state index in [0.717, 1.165) is 44.3 Å². The van der Waals surface area contributed by atoms with Crippen molar-refractivity contribution >= 4 is 87.1 Å². The van der Waals surface area contributed by atoms with Gasteiger partial charge in [-0.25, -0.2) is 0 Å². The molecule has 0 spiro atoms. The number of rotatable bonds is 3. The molecule has 0 saturated carbocycles. The molecule has 0 aliphatic rings. The molecule has 0 unspecified atom stereocenters. The molecule has 0 saturated heterocycles. The normalized spacial score (nSPS) is 12.2. The number of furan rings is 1. The molecule has 3 nitrogen and oxygen atoms in total. The maximum Gasteiger partial charge on any atom is 0.160 e. The third-order valence-electron chi connectivity index (χ3n) is 11.3. The average Bonchev–Trinajstić information content (AvgIpc) is 3.87. The van der Waals surface area contributed by atoms with E-state index in [-0.39, 0.29) is 0 Å². The van der Waals surface area contributed by atoms with Gasteiger partial charge in [0.15, 0.2) is 5.58 Å². The highest BCUT2D eigenvalue weighted by Gasteiger charge is 2.23. The Kier molecular flexibility index (Phi) is 5.77. The summed E-state index contributed by atoms with van der Waals surface area (Å²) in [5.74, 6) is 0. The van der Waals surface area contributed by atoms with Gasteiger partial charge in [0.25, 0.3) is 0 Å². The van der Waals surface area contributed by atoms with Gasteiger partial charge in [-0.15, -0.1) is 0 Å². The minimum atomic E-state index is 0.902. The van der Waals surface area contributed by atoms with Gasteiger partial charge in [0, 0.05) is 43.7 Å². The molecule has 3 aromatic heterocycles. The Bertz CT molecular complexity index is 3440.